The molecule has 21 heavy (non-hydrogen) atoms. The van der Waals surface area contributed by atoms with Crippen LogP contribution in [0.2, 0.25) is 0 Å². The Morgan fingerprint density at radius 1 is 1.05 bits per heavy atom. The Labute approximate surface area is 131 Å². The summed E-state index contributed by atoms with van der Waals surface area (Å²) in [7, 11) is 0. The molecule has 1 unspecified atom stereocenters. The highest BCUT2D eigenvalue weighted by Crippen LogP contribution is 2.19. The predicted molar refractivity (Wildman–Crippen MR) is 91.8 cm³/mol. The number of aliphatic hydroxyl groups excluding tert-OH is 1. The second-order valence-electron chi connectivity index (χ2n) is 6.07. The Morgan fingerprint density at radius 3 is 2.48 bits per heavy atom. The number of rotatable bonds is 11. The minimum Gasteiger partial charge on any atom is -0.387 e. The molecule has 2 nitrogen and oxygen atoms in total. The van der Waals surface area contributed by atoms with Crippen molar-refractivity contribution in [2.45, 2.75) is 71.8 Å². The summed E-state index contributed by atoms with van der Waals surface area (Å²) >= 11 is 0. The molecule has 120 valence electrons. The van der Waals surface area contributed by atoms with Gasteiger partial charge in [0.15, 0.2) is 0 Å². The molecule has 0 heterocycles. The van der Waals surface area contributed by atoms with Gasteiger partial charge in [-0.05, 0) is 49.4 Å². The van der Waals surface area contributed by atoms with Crippen LogP contribution in [0.5, 0.6) is 0 Å². The first-order valence-corrected chi connectivity index (χ1v) is 8.67. The molecule has 1 aromatic rings. The van der Waals surface area contributed by atoms with Crippen molar-refractivity contribution in [1.82, 2.24) is 5.32 Å². The van der Waals surface area contributed by atoms with Crippen LogP contribution < -0.4 is 5.32 Å². The smallest absolute Gasteiger partial charge is 0.0914 e. The lowest BCUT2D eigenvalue weighted by Crippen LogP contribution is -2.22. The zero-order chi connectivity index (χ0) is 15.5. The second kappa shape index (κ2) is 10.8. The van der Waals surface area contributed by atoms with E-state index in [0.717, 1.165) is 18.5 Å². The lowest BCUT2D eigenvalue weighted by atomic mass is 9.97. The van der Waals surface area contributed by atoms with Gasteiger partial charge in [-0.1, -0.05) is 57.7 Å². The van der Waals surface area contributed by atoms with Crippen molar-refractivity contribution in [2.75, 3.05) is 13.1 Å². The van der Waals surface area contributed by atoms with E-state index in [0.29, 0.717) is 6.54 Å². The fraction of sp³-hybridized carbons (Fsp3) is 0.684. The van der Waals surface area contributed by atoms with Crippen molar-refractivity contribution in [3.8, 4) is 0 Å². The molecule has 2 heteroatoms. The molecule has 0 aliphatic heterocycles. The maximum atomic E-state index is 10.2. The summed E-state index contributed by atoms with van der Waals surface area (Å²) in [6, 6.07) is 6.45. The quantitative estimate of drug-likeness (QED) is 0.587. The number of hydrogen-bond donors (Lipinski definition) is 2. The topological polar surface area (TPSA) is 32.3 Å². The van der Waals surface area contributed by atoms with Crippen LogP contribution in [0.4, 0.5) is 0 Å². The molecule has 0 aliphatic carbocycles. The third kappa shape index (κ3) is 7.10. The first-order chi connectivity index (χ1) is 10.2. The third-order valence-corrected chi connectivity index (χ3v) is 4.10. The summed E-state index contributed by atoms with van der Waals surface area (Å²) in [4.78, 5) is 0. The highest BCUT2D eigenvalue weighted by molar-refractivity contribution is 5.32. The summed E-state index contributed by atoms with van der Waals surface area (Å²) in [5.74, 6) is 0. The van der Waals surface area contributed by atoms with Crippen LogP contribution in [0.1, 0.15) is 75.2 Å². The van der Waals surface area contributed by atoms with Crippen LogP contribution in [-0.2, 0) is 6.42 Å². The number of aliphatic hydroxyl groups is 1. The van der Waals surface area contributed by atoms with Gasteiger partial charge in [-0.25, -0.2) is 0 Å². The van der Waals surface area contributed by atoms with Gasteiger partial charge in [0.2, 0.25) is 0 Å². The van der Waals surface area contributed by atoms with Crippen LogP contribution in [0.3, 0.4) is 0 Å². The average Bonchev–Trinajstić information content (AvgIpc) is 2.49. The van der Waals surface area contributed by atoms with Crippen molar-refractivity contribution in [3.05, 3.63) is 34.9 Å². The Kier molecular flexibility index (Phi) is 9.36. The number of unbranched alkanes of at least 4 members (excludes halogenated alkanes) is 4. The van der Waals surface area contributed by atoms with Gasteiger partial charge in [-0.15, -0.1) is 0 Å². The molecular weight excluding hydrogens is 258 g/mol. The fourth-order valence-electron chi connectivity index (χ4n) is 2.61. The van der Waals surface area contributed by atoms with Crippen molar-refractivity contribution >= 4 is 0 Å². The molecule has 0 aliphatic rings. The summed E-state index contributed by atoms with van der Waals surface area (Å²) in [5.41, 5.74) is 3.78. The second-order valence-corrected chi connectivity index (χ2v) is 6.07. The van der Waals surface area contributed by atoms with Crippen LogP contribution in [-0.4, -0.2) is 18.2 Å². The maximum absolute atomic E-state index is 10.2. The molecule has 0 spiro atoms. The monoisotopic (exact) mass is 291 g/mol. The molecule has 1 aromatic carbocycles. The maximum Gasteiger partial charge on any atom is 0.0914 e. The number of hydrogen-bond acceptors (Lipinski definition) is 2. The molecule has 2 N–H and O–H groups in total. The van der Waals surface area contributed by atoms with Gasteiger partial charge in [0.1, 0.15) is 0 Å². The summed E-state index contributed by atoms with van der Waals surface area (Å²) in [6.07, 6.45) is 8.34. The van der Waals surface area contributed by atoms with E-state index < -0.39 is 6.10 Å². The van der Waals surface area contributed by atoms with Gasteiger partial charge >= 0.3 is 0 Å². The fourth-order valence-corrected chi connectivity index (χ4v) is 2.61. The molecule has 0 saturated carbocycles. The van der Waals surface area contributed by atoms with E-state index in [-0.39, 0.29) is 0 Å². The highest BCUT2D eigenvalue weighted by Gasteiger charge is 2.08. The van der Waals surface area contributed by atoms with Crippen LogP contribution in [0, 0.1) is 6.92 Å². The Balaban J connectivity index is 2.44. The number of aryl methyl sites for hydroxylation is 2. The van der Waals surface area contributed by atoms with E-state index in [2.05, 4.69) is 44.3 Å². The number of benzene rings is 1. The van der Waals surface area contributed by atoms with Crippen molar-refractivity contribution in [2.24, 2.45) is 0 Å². The predicted octanol–water partition coefficient (Wildman–Crippen LogP) is 4.54. The molecule has 0 radical (unpaired) electrons. The van der Waals surface area contributed by atoms with E-state index >= 15 is 0 Å². The summed E-state index contributed by atoms with van der Waals surface area (Å²) < 4.78 is 0. The molecule has 0 bridgehead atoms. The van der Waals surface area contributed by atoms with Crippen molar-refractivity contribution in [3.63, 3.8) is 0 Å². The van der Waals surface area contributed by atoms with Gasteiger partial charge in [-0.3, -0.25) is 0 Å². The average molecular weight is 291 g/mol. The molecule has 0 aromatic heterocycles. The zero-order valence-corrected chi connectivity index (χ0v) is 14.1. The standard InChI is InChI=1S/C19H33NO/c1-4-6-8-9-10-17-11-12-18(14-16(17)3)19(21)15-20-13-7-5-2/h11-12,14,19-21H,4-10,13,15H2,1-3H3. The van der Waals surface area contributed by atoms with Crippen molar-refractivity contribution < 1.29 is 5.11 Å². The van der Waals surface area contributed by atoms with E-state index in [1.165, 1.54) is 49.7 Å². The van der Waals surface area contributed by atoms with Crippen LogP contribution in [0.25, 0.3) is 0 Å². The van der Waals surface area contributed by atoms with Gasteiger partial charge in [0.25, 0.3) is 0 Å². The van der Waals surface area contributed by atoms with Crippen molar-refractivity contribution in [1.29, 1.82) is 0 Å². The largest absolute Gasteiger partial charge is 0.387 e. The SMILES string of the molecule is CCCCCCc1ccc(C(O)CNCCCC)cc1C. The van der Waals surface area contributed by atoms with Gasteiger partial charge < -0.3 is 10.4 Å². The summed E-state index contributed by atoms with van der Waals surface area (Å²) in [5, 5.41) is 13.5. The molecule has 1 rings (SSSR count). The first kappa shape index (κ1) is 18.2. The summed E-state index contributed by atoms with van der Waals surface area (Å²) in [6.45, 7) is 8.23. The zero-order valence-electron chi connectivity index (χ0n) is 14.1. The van der Waals surface area contributed by atoms with Gasteiger partial charge in [0.05, 0.1) is 6.10 Å². The minimum absolute atomic E-state index is 0.394. The van der Waals surface area contributed by atoms with E-state index in [9.17, 15) is 5.11 Å². The van der Waals surface area contributed by atoms with E-state index in [1.807, 2.05) is 0 Å². The Morgan fingerprint density at radius 2 is 1.81 bits per heavy atom. The molecule has 0 fully saturated rings. The lowest BCUT2D eigenvalue weighted by molar-refractivity contribution is 0.174. The van der Waals surface area contributed by atoms with Gasteiger partial charge in [0, 0.05) is 6.54 Å². The Hall–Kier alpha value is -0.860. The lowest BCUT2D eigenvalue weighted by Gasteiger charge is -2.14. The molecule has 0 saturated heterocycles. The van der Waals surface area contributed by atoms with E-state index in [4.69, 9.17) is 0 Å². The minimum atomic E-state index is -0.394. The highest BCUT2D eigenvalue weighted by atomic mass is 16.3. The normalized spacial score (nSPS) is 12.6. The third-order valence-electron chi connectivity index (χ3n) is 4.10. The molecule has 1 atom stereocenters. The van der Waals surface area contributed by atoms with Crippen LogP contribution in [0.15, 0.2) is 18.2 Å². The van der Waals surface area contributed by atoms with E-state index in [1.54, 1.807) is 0 Å². The van der Waals surface area contributed by atoms with Gasteiger partial charge in [-0.2, -0.15) is 0 Å². The number of nitrogens with one attached hydrogen (secondary N) is 1. The molecule has 0 amide bonds. The Bertz CT molecular complexity index is 389. The molecular formula is C19H33NO. The first-order valence-electron chi connectivity index (χ1n) is 8.67. The van der Waals surface area contributed by atoms with Crippen LogP contribution >= 0.6 is 0 Å².